The van der Waals surface area contributed by atoms with Crippen molar-refractivity contribution in [3.8, 4) is 0 Å². The van der Waals surface area contributed by atoms with Gasteiger partial charge in [0.15, 0.2) is 11.2 Å². The molecule has 0 fully saturated rings. The van der Waals surface area contributed by atoms with E-state index in [-0.39, 0.29) is 9.81 Å². The Hall–Kier alpha value is -2.89. The number of rotatable bonds is 12. The van der Waals surface area contributed by atoms with Gasteiger partial charge in [-0.3, -0.25) is 20.2 Å². The molecule has 0 amide bonds. The van der Waals surface area contributed by atoms with Crippen LogP contribution in [0.3, 0.4) is 0 Å². The Labute approximate surface area is 205 Å². The monoisotopic (exact) mass is 508 g/mol. The van der Waals surface area contributed by atoms with Crippen LogP contribution in [0.4, 0.5) is 0 Å². The normalized spacial score (nSPS) is 28.9. The van der Waals surface area contributed by atoms with Crippen molar-refractivity contribution in [1.29, 1.82) is 0 Å². The number of sulfone groups is 1. The number of nitrogens with zero attached hydrogens (tertiary/aromatic N) is 2. The number of nitro groups is 2. The summed E-state index contributed by atoms with van der Waals surface area (Å²) in [6.45, 7) is 3.91. The predicted molar refractivity (Wildman–Crippen MR) is 133 cm³/mol. The zero-order chi connectivity index (χ0) is 26.3. The molecule has 0 aliphatic heterocycles. The van der Waals surface area contributed by atoms with Crippen molar-refractivity contribution in [2.75, 3.05) is 14.2 Å². The van der Waals surface area contributed by atoms with Crippen LogP contribution in [0.25, 0.3) is 0 Å². The molecule has 0 aromatic rings. The summed E-state index contributed by atoms with van der Waals surface area (Å²) < 4.78 is 37.7. The second-order valence-electron chi connectivity index (χ2n) is 8.27. The maximum absolute atomic E-state index is 13.4. The lowest BCUT2D eigenvalue weighted by Crippen LogP contribution is -2.47. The van der Waals surface area contributed by atoms with E-state index >= 15 is 0 Å². The van der Waals surface area contributed by atoms with Crippen molar-refractivity contribution in [2.45, 2.75) is 62.8 Å². The van der Waals surface area contributed by atoms with Gasteiger partial charge in [-0.05, 0) is 49.3 Å². The Balaban J connectivity index is 2.52. The third-order valence-corrected chi connectivity index (χ3v) is 7.82. The molecule has 0 spiro atoms. The fourth-order valence-electron chi connectivity index (χ4n) is 3.94. The van der Waals surface area contributed by atoms with Gasteiger partial charge < -0.3 is 9.47 Å². The molecule has 2 rings (SSSR count). The summed E-state index contributed by atoms with van der Waals surface area (Å²) in [4.78, 5) is 21.9. The maximum Gasteiger partial charge on any atom is 0.268 e. The van der Waals surface area contributed by atoms with E-state index in [1.807, 2.05) is 13.8 Å². The van der Waals surface area contributed by atoms with Gasteiger partial charge in [-0.25, -0.2) is 8.42 Å². The lowest BCUT2D eigenvalue weighted by atomic mass is 9.89. The SMILES string of the molecule is CCCC=CC1(OC)C=CC(S(=O)(=O)C2=CC([N+](=O)[O-])C(C=CCCC)(OC)C=C2)=CC1[N+](=O)[O-]. The van der Waals surface area contributed by atoms with Crippen molar-refractivity contribution in [2.24, 2.45) is 0 Å². The lowest BCUT2D eigenvalue weighted by molar-refractivity contribution is -0.525. The molecule has 0 saturated carbocycles. The summed E-state index contributed by atoms with van der Waals surface area (Å²) in [7, 11) is -1.68. The molecular formula is C24H32N2O8S. The number of methoxy groups -OCH3 is 2. The van der Waals surface area contributed by atoms with Crippen LogP contribution in [0.15, 0.2) is 70.6 Å². The summed E-state index contributed by atoms with van der Waals surface area (Å²) in [5, 5.41) is 23.8. The molecule has 2 aliphatic carbocycles. The van der Waals surface area contributed by atoms with E-state index in [4.69, 9.17) is 9.47 Å². The second-order valence-corrected chi connectivity index (χ2v) is 10.2. The summed E-state index contributed by atoms with van der Waals surface area (Å²) in [5.41, 5.74) is -2.90. The van der Waals surface area contributed by atoms with Crippen molar-refractivity contribution in [3.63, 3.8) is 0 Å². The van der Waals surface area contributed by atoms with Gasteiger partial charge in [0.25, 0.3) is 12.1 Å². The van der Waals surface area contributed by atoms with Crippen LogP contribution in [-0.4, -0.2) is 55.8 Å². The van der Waals surface area contributed by atoms with E-state index < -0.39 is 43.0 Å². The zero-order valence-electron chi connectivity index (χ0n) is 20.3. The molecule has 0 aromatic heterocycles. The molecule has 0 aromatic carbocycles. The molecule has 0 bridgehead atoms. The smallest absolute Gasteiger partial charge is 0.268 e. The largest absolute Gasteiger partial charge is 0.362 e. The Bertz CT molecular complexity index is 1020. The summed E-state index contributed by atoms with van der Waals surface area (Å²) >= 11 is 0. The predicted octanol–water partition coefficient (Wildman–Crippen LogP) is 4.08. The van der Waals surface area contributed by atoms with E-state index in [0.29, 0.717) is 12.8 Å². The minimum Gasteiger partial charge on any atom is -0.362 e. The average molecular weight is 509 g/mol. The van der Waals surface area contributed by atoms with Crippen LogP contribution in [0.1, 0.15) is 39.5 Å². The molecule has 2 aliphatic rings. The number of hydrogen-bond donors (Lipinski definition) is 0. The third kappa shape index (κ3) is 5.85. The molecule has 10 nitrogen and oxygen atoms in total. The molecule has 192 valence electrons. The molecule has 4 unspecified atom stereocenters. The van der Waals surface area contributed by atoms with E-state index in [1.54, 1.807) is 24.3 Å². The minimum atomic E-state index is -4.30. The molecule has 0 N–H and O–H groups in total. The Morgan fingerprint density at radius 1 is 0.857 bits per heavy atom. The van der Waals surface area contributed by atoms with Gasteiger partial charge in [0.05, 0.1) is 9.81 Å². The fourth-order valence-corrected chi connectivity index (χ4v) is 5.32. The van der Waals surface area contributed by atoms with E-state index in [2.05, 4.69) is 0 Å². The van der Waals surface area contributed by atoms with E-state index in [9.17, 15) is 28.6 Å². The molecular weight excluding hydrogens is 476 g/mol. The van der Waals surface area contributed by atoms with Gasteiger partial charge in [-0.1, -0.05) is 38.8 Å². The van der Waals surface area contributed by atoms with Crippen molar-refractivity contribution >= 4 is 9.84 Å². The molecule has 4 atom stereocenters. The first kappa shape index (κ1) is 28.3. The second kappa shape index (κ2) is 11.7. The van der Waals surface area contributed by atoms with Crippen LogP contribution in [-0.2, 0) is 19.3 Å². The van der Waals surface area contributed by atoms with Crippen LogP contribution >= 0.6 is 0 Å². The molecule has 0 heterocycles. The molecule has 0 radical (unpaired) electrons. The first-order valence-corrected chi connectivity index (χ1v) is 12.8. The Morgan fingerprint density at radius 3 is 1.51 bits per heavy atom. The van der Waals surface area contributed by atoms with E-state index in [1.165, 1.54) is 38.5 Å². The summed E-state index contributed by atoms with van der Waals surface area (Å²) in [6, 6.07) is -3.02. The Kier molecular flexibility index (Phi) is 9.47. The minimum absolute atomic E-state index is 0.333. The van der Waals surface area contributed by atoms with E-state index in [0.717, 1.165) is 25.0 Å². The fraction of sp³-hybridized carbons (Fsp3) is 0.500. The van der Waals surface area contributed by atoms with Gasteiger partial charge in [-0.15, -0.1) is 0 Å². The number of unbranched alkanes of at least 4 members (excludes halogenated alkanes) is 2. The Morgan fingerprint density at radius 2 is 1.23 bits per heavy atom. The summed E-state index contributed by atoms with van der Waals surface area (Å²) in [5.74, 6) is 0. The highest BCUT2D eigenvalue weighted by molar-refractivity contribution is 7.99. The standard InChI is InChI=1S/C24H32N2O8S/c1-5-7-9-13-23(33-3)15-11-19(17-21(23)25(27)28)35(31,32)20-12-16-24(34-4,14-10-8-6-2)22(18-20)26(29)30/h9-18,21-22H,5-8H2,1-4H3. The number of ether oxygens (including phenoxy) is 2. The highest BCUT2D eigenvalue weighted by Crippen LogP contribution is 2.36. The van der Waals surface area contributed by atoms with Crippen LogP contribution in [0, 0.1) is 20.2 Å². The van der Waals surface area contributed by atoms with Gasteiger partial charge in [-0.2, -0.15) is 0 Å². The molecule has 35 heavy (non-hydrogen) atoms. The molecule has 11 heteroatoms. The number of hydrogen-bond acceptors (Lipinski definition) is 8. The number of allylic oxidation sites excluding steroid dienone is 4. The zero-order valence-corrected chi connectivity index (χ0v) is 21.1. The lowest BCUT2D eigenvalue weighted by Gasteiger charge is -2.31. The van der Waals surface area contributed by atoms with Gasteiger partial charge >= 0.3 is 0 Å². The third-order valence-electron chi connectivity index (χ3n) is 6.03. The van der Waals surface area contributed by atoms with Crippen LogP contribution in [0.2, 0.25) is 0 Å². The first-order valence-electron chi connectivity index (χ1n) is 11.3. The highest BCUT2D eigenvalue weighted by atomic mass is 32.2. The van der Waals surface area contributed by atoms with Gasteiger partial charge in [0.1, 0.15) is 0 Å². The quantitative estimate of drug-likeness (QED) is 0.218. The topological polar surface area (TPSA) is 139 Å². The van der Waals surface area contributed by atoms with Crippen molar-refractivity contribution in [1.82, 2.24) is 0 Å². The van der Waals surface area contributed by atoms with Gasteiger partial charge in [0, 0.05) is 36.2 Å². The van der Waals surface area contributed by atoms with Crippen molar-refractivity contribution in [3.05, 3.63) is 90.8 Å². The first-order chi connectivity index (χ1) is 16.5. The van der Waals surface area contributed by atoms with Crippen LogP contribution < -0.4 is 0 Å². The van der Waals surface area contributed by atoms with Gasteiger partial charge in [0.2, 0.25) is 9.84 Å². The highest BCUT2D eigenvalue weighted by Gasteiger charge is 2.48. The maximum atomic E-state index is 13.4. The molecule has 0 saturated heterocycles. The van der Waals surface area contributed by atoms with Crippen LogP contribution in [0.5, 0.6) is 0 Å². The summed E-state index contributed by atoms with van der Waals surface area (Å²) in [6.07, 6.45) is 16.8. The van der Waals surface area contributed by atoms with Crippen molar-refractivity contribution < 1.29 is 27.7 Å². The average Bonchev–Trinajstić information content (AvgIpc) is 2.83.